The zero-order valence-electron chi connectivity index (χ0n) is 12.0. The van der Waals surface area contributed by atoms with E-state index in [1.807, 2.05) is 0 Å². The zero-order chi connectivity index (χ0) is 15.2. The number of hydrogen-bond acceptors (Lipinski definition) is 6. The number of aliphatic hydroxyl groups is 1. The molecule has 21 heavy (non-hydrogen) atoms. The largest absolute Gasteiger partial charge is 0.490 e. The average molecular weight is 292 g/mol. The Morgan fingerprint density at radius 1 is 1.38 bits per heavy atom. The predicted octanol–water partition coefficient (Wildman–Crippen LogP) is 1.71. The topological polar surface area (TPSA) is 78.1 Å². The maximum Gasteiger partial charge on any atom is 0.336 e. The number of rotatable bonds is 2. The van der Waals surface area contributed by atoms with Gasteiger partial charge in [-0.3, -0.25) is 0 Å². The summed E-state index contributed by atoms with van der Waals surface area (Å²) in [6, 6.07) is 4.68. The predicted molar refractivity (Wildman–Crippen MR) is 75.2 cm³/mol. The molecular formula is C15H16O6. The van der Waals surface area contributed by atoms with E-state index in [0.29, 0.717) is 22.5 Å². The van der Waals surface area contributed by atoms with Crippen molar-refractivity contribution in [2.45, 2.75) is 25.6 Å². The molecule has 0 saturated heterocycles. The highest BCUT2D eigenvalue weighted by molar-refractivity contribution is 5.88. The fraction of sp³-hybridized carbons (Fsp3) is 0.400. The Morgan fingerprint density at radius 3 is 2.81 bits per heavy atom. The average Bonchev–Trinajstić information content (AvgIpc) is 2.43. The van der Waals surface area contributed by atoms with Crippen LogP contribution in [0.2, 0.25) is 0 Å². The van der Waals surface area contributed by atoms with Crippen molar-refractivity contribution >= 4 is 11.0 Å². The van der Waals surface area contributed by atoms with Crippen LogP contribution in [0.4, 0.5) is 0 Å². The highest BCUT2D eigenvalue weighted by atomic mass is 16.6. The second-order valence-corrected chi connectivity index (χ2v) is 5.48. The summed E-state index contributed by atoms with van der Waals surface area (Å²) in [4.78, 5) is 11.4. The fourth-order valence-corrected chi connectivity index (χ4v) is 2.23. The number of fused-ring (bicyclic) bond motifs is 2. The lowest BCUT2D eigenvalue weighted by Gasteiger charge is -2.34. The fourth-order valence-electron chi connectivity index (χ4n) is 2.23. The minimum absolute atomic E-state index is 0.224. The summed E-state index contributed by atoms with van der Waals surface area (Å²) >= 11 is 0. The maximum absolute atomic E-state index is 11.4. The van der Waals surface area contributed by atoms with Crippen LogP contribution in [0.15, 0.2) is 27.4 Å². The lowest BCUT2D eigenvalue weighted by molar-refractivity contribution is -0.0661. The molecule has 1 atom stereocenters. The van der Waals surface area contributed by atoms with Crippen molar-refractivity contribution in [3.05, 3.63) is 28.6 Å². The Morgan fingerprint density at radius 2 is 2.14 bits per heavy atom. The van der Waals surface area contributed by atoms with Crippen LogP contribution in [0.25, 0.3) is 11.0 Å². The Balaban J connectivity index is 2.20. The molecule has 1 aromatic heterocycles. The Hall–Kier alpha value is -2.21. The Bertz CT molecular complexity index is 740. The molecule has 2 heterocycles. The molecule has 1 N–H and O–H groups in total. The molecule has 6 nitrogen and oxygen atoms in total. The first-order valence-electron chi connectivity index (χ1n) is 6.57. The molecule has 0 amide bonds. The molecule has 3 rings (SSSR count). The van der Waals surface area contributed by atoms with Crippen molar-refractivity contribution in [2.75, 3.05) is 13.7 Å². The molecular weight excluding hydrogens is 276 g/mol. The van der Waals surface area contributed by atoms with Crippen molar-refractivity contribution in [2.24, 2.45) is 0 Å². The van der Waals surface area contributed by atoms with Crippen LogP contribution < -0.4 is 19.8 Å². The van der Waals surface area contributed by atoms with Crippen LogP contribution in [0, 0.1) is 0 Å². The highest BCUT2D eigenvalue weighted by Crippen LogP contribution is 2.46. The van der Waals surface area contributed by atoms with E-state index in [1.54, 1.807) is 26.0 Å². The molecule has 1 aliphatic rings. The third kappa shape index (κ3) is 2.31. The third-order valence-electron chi connectivity index (χ3n) is 3.43. The van der Waals surface area contributed by atoms with Gasteiger partial charge in [0.05, 0.1) is 12.7 Å². The maximum atomic E-state index is 11.4. The number of benzene rings is 1. The summed E-state index contributed by atoms with van der Waals surface area (Å²) in [5.74, 6) is 1.11. The van der Waals surface area contributed by atoms with Gasteiger partial charge in [-0.15, -0.1) is 0 Å². The molecule has 0 spiro atoms. The molecule has 0 radical (unpaired) electrons. The van der Waals surface area contributed by atoms with Gasteiger partial charge in [-0.1, -0.05) is 0 Å². The summed E-state index contributed by atoms with van der Waals surface area (Å²) < 4.78 is 22.0. The van der Waals surface area contributed by atoms with E-state index >= 15 is 0 Å². The van der Waals surface area contributed by atoms with Gasteiger partial charge in [-0.05, 0) is 26.0 Å². The van der Waals surface area contributed by atoms with Crippen LogP contribution in [-0.4, -0.2) is 30.5 Å². The minimum Gasteiger partial charge on any atom is -0.490 e. The first-order valence-corrected chi connectivity index (χ1v) is 6.57. The third-order valence-corrected chi connectivity index (χ3v) is 3.43. The lowest BCUT2D eigenvalue weighted by Crippen LogP contribution is -2.46. The van der Waals surface area contributed by atoms with Crippen LogP contribution in [0.3, 0.4) is 0 Å². The van der Waals surface area contributed by atoms with Gasteiger partial charge in [0.25, 0.3) is 0 Å². The Labute approximate surface area is 120 Å². The van der Waals surface area contributed by atoms with Crippen molar-refractivity contribution in [3.8, 4) is 17.2 Å². The van der Waals surface area contributed by atoms with E-state index in [9.17, 15) is 9.90 Å². The van der Waals surface area contributed by atoms with Crippen LogP contribution in [0.1, 0.15) is 13.8 Å². The van der Waals surface area contributed by atoms with E-state index in [1.165, 1.54) is 13.2 Å². The van der Waals surface area contributed by atoms with Gasteiger partial charge in [0.15, 0.2) is 17.4 Å². The monoisotopic (exact) mass is 292 g/mol. The molecule has 1 aromatic carbocycles. The number of hydrogen-bond donors (Lipinski definition) is 1. The quantitative estimate of drug-likeness (QED) is 0.849. The molecule has 0 fully saturated rings. The normalized spacial score (nSPS) is 17.8. The standard InChI is InChI=1S/C15H16O6/c1-15(2,17)10-7-19-9-6-8-4-5-11(16)21-12(8)14(18-3)13(9)20-10/h4-6,10,17H,7H2,1-3H3/t10-/m1/s1. The smallest absolute Gasteiger partial charge is 0.336 e. The number of ether oxygens (including phenoxy) is 3. The van der Waals surface area contributed by atoms with Gasteiger partial charge in [0.1, 0.15) is 6.61 Å². The van der Waals surface area contributed by atoms with Gasteiger partial charge in [0, 0.05) is 11.5 Å². The van der Waals surface area contributed by atoms with Gasteiger partial charge in [-0.25, -0.2) is 4.79 Å². The summed E-state index contributed by atoms with van der Waals surface area (Å²) in [6.45, 7) is 3.50. The second-order valence-electron chi connectivity index (χ2n) is 5.48. The Kier molecular flexibility index (Phi) is 3.06. The molecule has 2 aromatic rings. The summed E-state index contributed by atoms with van der Waals surface area (Å²) in [5, 5.41) is 10.7. The van der Waals surface area contributed by atoms with Crippen molar-refractivity contribution in [3.63, 3.8) is 0 Å². The summed E-state index contributed by atoms with van der Waals surface area (Å²) in [5.41, 5.74) is -1.25. The van der Waals surface area contributed by atoms with Crippen molar-refractivity contribution in [1.82, 2.24) is 0 Å². The van der Waals surface area contributed by atoms with E-state index < -0.39 is 17.3 Å². The van der Waals surface area contributed by atoms with E-state index in [4.69, 9.17) is 18.6 Å². The van der Waals surface area contributed by atoms with E-state index in [0.717, 1.165) is 0 Å². The highest BCUT2D eigenvalue weighted by Gasteiger charge is 2.36. The van der Waals surface area contributed by atoms with Crippen LogP contribution in [-0.2, 0) is 0 Å². The molecule has 0 bridgehead atoms. The van der Waals surface area contributed by atoms with Crippen LogP contribution in [0.5, 0.6) is 17.2 Å². The van der Waals surface area contributed by atoms with Gasteiger partial charge < -0.3 is 23.7 Å². The van der Waals surface area contributed by atoms with E-state index in [2.05, 4.69) is 0 Å². The van der Waals surface area contributed by atoms with Crippen molar-refractivity contribution < 1.29 is 23.7 Å². The molecule has 0 unspecified atom stereocenters. The zero-order valence-corrected chi connectivity index (χ0v) is 12.0. The van der Waals surface area contributed by atoms with Gasteiger partial charge in [0.2, 0.25) is 11.5 Å². The molecule has 112 valence electrons. The summed E-state index contributed by atoms with van der Waals surface area (Å²) in [6.07, 6.45) is -0.549. The van der Waals surface area contributed by atoms with Gasteiger partial charge >= 0.3 is 5.63 Å². The summed E-state index contributed by atoms with van der Waals surface area (Å²) in [7, 11) is 1.46. The van der Waals surface area contributed by atoms with Gasteiger partial charge in [-0.2, -0.15) is 0 Å². The van der Waals surface area contributed by atoms with Crippen molar-refractivity contribution in [1.29, 1.82) is 0 Å². The molecule has 6 heteroatoms. The van der Waals surface area contributed by atoms with Crippen LogP contribution >= 0.6 is 0 Å². The molecule has 1 aliphatic heterocycles. The first-order chi connectivity index (χ1) is 9.90. The number of methoxy groups -OCH3 is 1. The first kappa shape index (κ1) is 13.8. The molecule has 0 aliphatic carbocycles. The second kappa shape index (κ2) is 4.66. The minimum atomic E-state index is -1.07. The van der Waals surface area contributed by atoms with E-state index in [-0.39, 0.29) is 12.4 Å². The SMILES string of the molecule is COc1c2c(cc3ccc(=O)oc13)OC[C@H](C(C)(C)O)O2. The lowest BCUT2D eigenvalue weighted by atomic mass is 10.0. The molecule has 0 saturated carbocycles.